The number of hydrogen-bond donors (Lipinski definition) is 1. The van der Waals surface area contributed by atoms with Gasteiger partial charge in [0.25, 0.3) is 5.91 Å². The van der Waals surface area contributed by atoms with E-state index >= 15 is 0 Å². The van der Waals surface area contributed by atoms with Crippen LogP contribution in [0.3, 0.4) is 0 Å². The molecule has 6 heteroatoms. The number of aryl methyl sites for hydroxylation is 1. The zero-order valence-electron chi connectivity index (χ0n) is 12.1. The summed E-state index contributed by atoms with van der Waals surface area (Å²) in [5, 5.41) is 9.91. The van der Waals surface area contributed by atoms with E-state index in [9.17, 15) is 14.7 Å². The molecule has 1 aliphatic rings. The molecule has 1 saturated heterocycles. The number of esters is 1. The molecular weight excluding hydrogens is 274 g/mol. The Bertz CT molecular complexity index is 513. The zero-order valence-corrected chi connectivity index (χ0v) is 12.1. The van der Waals surface area contributed by atoms with Crippen molar-refractivity contribution in [2.24, 2.45) is 0 Å². The Balaban J connectivity index is 2.14. The third-order valence-corrected chi connectivity index (χ3v) is 3.28. The Labute approximate surface area is 123 Å². The number of hydrogen-bond acceptors (Lipinski definition) is 5. The molecular formula is C15H19NO5. The first kappa shape index (κ1) is 15.5. The van der Waals surface area contributed by atoms with Crippen LogP contribution in [0, 0.1) is 6.92 Å². The van der Waals surface area contributed by atoms with Crippen LogP contribution in [-0.2, 0) is 19.1 Å². The van der Waals surface area contributed by atoms with Crippen molar-refractivity contribution in [1.29, 1.82) is 0 Å². The molecule has 1 fully saturated rings. The summed E-state index contributed by atoms with van der Waals surface area (Å²) < 4.78 is 9.98. The van der Waals surface area contributed by atoms with Crippen LogP contribution in [0.4, 0.5) is 5.69 Å². The first-order valence-corrected chi connectivity index (χ1v) is 6.89. The predicted molar refractivity (Wildman–Crippen MR) is 75.9 cm³/mol. The second kappa shape index (κ2) is 6.69. The first-order valence-electron chi connectivity index (χ1n) is 6.89. The lowest BCUT2D eigenvalue weighted by Gasteiger charge is -2.33. The van der Waals surface area contributed by atoms with Gasteiger partial charge in [-0.25, -0.2) is 4.79 Å². The van der Waals surface area contributed by atoms with E-state index in [1.807, 2.05) is 31.2 Å². The van der Waals surface area contributed by atoms with Gasteiger partial charge in [0.05, 0.1) is 13.2 Å². The maximum atomic E-state index is 12.4. The lowest BCUT2D eigenvalue weighted by Crippen LogP contribution is -2.54. The number of carbonyl (C=O) groups is 2. The number of benzene rings is 1. The van der Waals surface area contributed by atoms with Gasteiger partial charge in [0.1, 0.15) is 0 Å². The predicted octanol–water partition coefficient (Wildman–Crippen LogP) is 0.651. The van der Waals surface area contributed by atoms with Crippen molar-refractivity contribution in [3.63, 3.8) is 0 Å². The van der Waals surface area contributed by atoms with Gasteiger partial charge in [-0.2, -0.15) is 0 Å². The minimum Gasteiger partial charge on any atom is -0.464 e. The molecule has 1 aromatic rings. The summed E-state index contributed by atoms with van der Waals surface area (Å²) in [5.41, 5.74) is 1.80. The van der Waals surface area contributed by atoms with Crippen LogP contribution in [-0.4, -0.2) is 48.9 Å². The van der Waals surface area contributed by atoms with Crippen LogP contribution in [0.5, 0.6) is 0 Å². The van der Waals surface area contributed by atoms with Gasteiger partial charge in [-0.1, -0.05) is 17.7 Å². The molecule has 2 rings (SSSR count). The monoisotopic (exact) mass is 293 g/mol. The average molecular weight is 293 g/mol. The highest BCUT2D eigenvalue weighted by Gasteiger charge is 2.40. The Kier molecular flexibility index (Phi) is 4.93. The van der Waals surface area contributed by atoms with Gasteiger partial charge in [-0.3, -0.25) is 4.79 Å². The summed E-state index contributed by atoms with van der Waals surface area (Å²) in [6.07, 6.45) is -2.83. The quantitative estimate of drug-likeness (QED) is 0.825. The first-order chi connectivity index (χ1) is 10.0. The van der Waals surface area contributed by atoms with E-state index in [2.05, 4.69) is 0 Å². The van der Waals surface area contributed by atoms with Crippen molar-refractivity contribution < 1.29 is 24.2 Å². The number of amides is 1. The molecule has 21 heavy (non-hydrogen) atoms. The molecule has 2 atom stereocenters. The van der Waals surface area contributed by atoms with Gasteiger partial charge in [0.2, 0.25) is 0 Å². The van der Waals surface area contributed by atoms with Gasteiger partial charge in [0.15, 0.2) is 12.2 Å². The van der Waals surface area contributed by atoms with E-state index in [1.165, 1.54) is 4.90 Å². The molecule has 1 amide bonds. The summed E-state index contributed by atoms with van der Waals surface area (Å²) >= 11 is 0. The Morgan fingerprint density at radius 1 is 1.48 bits per heavy atom. The number of aliphatic hydroxyl groups excluding tert-OH is 1. The number of nitrogens with zero attached hydrogens (tertiary/aromatic N) is 1. The summed E-state index contributed by atoms with van der Waals surface area (Å²) in [6.45, 7) is 4.36. The molecule has 1 N–H and O–H groups in total. The highest BCUT2D eigenvalue weighted by atomic mass is 16.6. The highest BCUT2D eigenvalue weighted by Crippen LogP contribution is 2.21. The van der Waals surface area contributed by atoms with E-state index in [0.717, 1.165) is 11.3 Å². The van der Waals surface area contributed by atoms with Crippen molar-refractivity contribution in [2.75, 3.05) is 24.7 Å². The smallest absolute Gasteiger partial charge is 0.338 e. The molecule has 2 unspecified atom stereocenters. The van der Waals surface area contributed by atoms with Gasteiger partial charge < -0.3 is 19.5 Å². The fourth-order valence-electron chi connectivity index (χ4n) is 2.16. The molecule has 1 aromatic carbocycles. The summed E-state index contributed by atoms with van der Waals surface area (Å²) in [7, 11) is 0. The number of carbonyl (C=O) groups excluding carboxylic acids is 2. The fourth-order valence-corrected chi connectivity index (χ4v) is 2.16. The largest absolute Gasteiger partial charge is 0.464 e. The molecule has 0 spiro atoms. The van der Waals surface area contributed by atoms with Gasteiger partial charge in [-0.15, -0.1) is 0 Å². The van der Waals surface area contributed by atoms with Crippen LogP contribution < -0.4 is 4.90 Å². The number of morpholine rings is 1. The molecule has 0 bridgehead atoms. The van der Waals surface area contributed by atoms with Crippen molar-refractivity contribution in [2.45, 2.75) is 26.1 Å². The minimum absolute atomic E-state index is 0.137. The summed E-state index contributed by atoms with van der Waals surface area (Å²) in [6, 6.07) is 7.45. The highest BCUT2D eigenvalue weighted by molar-refractivity contribution is 6.00. The number of rotatable bonds is 4. The van der Waals surface area contributed by atoms with E-state index in [1.54, 1.807) is 6.92 Å². The van der Waals surface area contributed by atoms with Crippen molar-refractivity contribution in [3.8, 4) is 0 Å². The van der Waals surface area contributed by atoms with E-state index in [-0.39, 0.29) is 13.2 Å². The molecule has 0 aliphatic carbocycles. The molecule has 0 aromatic heterocycles. The van der Waals surface area contributed by atoms with E-state index in [0.29, 0.717) is 6.54 Å². The SMILES string of the molecule is CCOC(=O)C(O)C1OCCN(c2ccc(C)cc2)C1=O. The third-order valence-electron chi connectivity index (χ3n) is 3.28. The van der Waals surface area contributed by atoms with Crippen LogP contribution in [0.25, 0.3) is 0 Å². The Hall–Kier alpha value is -1.92. The molecule has 114 valence electrons. The molecule has 6 nitrogen and oxygen atoms in total. The van der Waals surface area contributed by atoms with Gasteiger partial charge in [-0.05, 0) is 26.0 Å². The Morgan fingerprint density at radius 2 is 2.14 bits per heavy atom. The van der Waals surface area contributed by atoms with Crippen LogP contribution >= 0.6 is 0 Å². The Morgan fingerprint density at radius 3 is 2.76 bits per heavy atom. The molecule has 0 saturated carbocycles. The summed E-state index contributed by atoms with van der Waals surface area (Å²) in [5.74, 6) is -1.28. The van der Waals surface area contributed by atoms with E-state index in [4.69, 9.17) is 9.47 Å². The normalized spacial score (nSPS) is 20.2. The third kappa shape index (κ3) is 3.40. The summed E-state index contributed by atoms with van der Waals surface area (Å²) in [4.78, 5) is 25.5. The minimum atomic E-state index is -1.61. The molecule has 1 aliphatic heterocycles. The molecule has 0 radical (unpaired) electrons. The zero-order chi connectivity index (χ0) is 15.4. The number of ether oxygens (including phenoxy) is 2. The van der Waals surface area contributed by atoms with E-state index < -0.39 is 24.1 Å². The maximum Gasteiger partial charge on any atom is 0.338 e. The number of anilines is 1. The van der Waals surface area contributed by atoms with Crippen LogP contribution in [0.15, 0.2) is 24.3 Å². The molecule has 1 heterocycles. The van der Waals surface area contributed by atoms with Crippen LogP contribution in [0.1, 0.15) is 12.5 Å². The standard InChI is InChI=1S/C15H19NO5/c1-3-20-15(19)12(17)13-14(18)16(8-9-21-13)11-6-4-10(2)5-7-11/h4-7,12-13,17H,3,8-9H2,1-2H3. The average Bonchev–Trinajstić information content (AvgIpc) is 2.48. The number of aliphatic hydroxyl groups is 1. The van der Waals surface area contributed by atoms with Crippen molar-refractivity contribution >= 4 is 17.6 Å². The lowest BCUT2D eigenvalue weighted by molar-refractivity contribution is -0.168. The van der Waals surface area contributed by atoms with Crippen molar-refractivity contribution in [3.05, 3.63) is 29.8 Å². The van der Waals surface area contributed by atoms with Crippen LogP contribution in [0.2, 0.25) is 0 Å². The topological polar surface area (TPSA) is 76.1 Å². The maximum absolute atomic E-state index is 12.4. The second-order valence-corrected chi connectivity index (χ2v) is 4.81. The van der Waals surface area contributed by atoms with Gasteiger partial charge in [0, 0.05) is 12.2 Å². The fraction of sp³-hybridized carbons (Fsp3) is 0.467. The lowest BCUT2D eigenvalue weighted by atomic mass is 10.1. The van der Waals surface area contributed by atoms with Gasteiger partial charge >= 0.3 is 5.97 Å². The second-order valence-electron chi connectivity index (χ2n) is 4.81. The van der Waals surface area contributed by atoms with Crippen molar-refractivity contribution in [1.82, 2.24) is 0 Å².